The largest absolute Gasteiger partial charge is 0.393 e. The molecule has 1 rings (SSSR count). The van der Waals surface area contributed by atoms with Crippen LogP contribution in [0, 0.1) is 0 Å². The first-order valence-corrected chi connectivity index (χ1v) is 21.4. The van der Waals surface area contributed by atoms with Gasteiger partial charge in [0.25, 0.3) is 0 Å². The molecule has 0 aromatic heterocycles. The molecule has 48 heavy (non-hydrogen) atoms. The van der Waals surface area contributed by atoms with Crippen LogP contribution in [-0.4, -0.2) is 46.3 Å². The van der Waals surface area contributed by atoms with Gasteiger partial charge in [-0.1, -0.05) is 168 Å². The molecule has 4 atom stereocenters. The zero-order valence-electron chi connectivity index (χ0n) is 32.1. The number of rotatable bonds is 34. The van der Waals surface area contributed by atoms with E-state index in [1.165, 1.54) is 116 Å². The molecule has 284 valence electrons. The molecule has 0 saturated heterocycles. The van der Waals surface area contributed by atoms with Crippen LogP contribution >= 0.6 is 0 Å². The number of aliphatic hydroxyl groups is 2. The monoisotopic (exact) mass is 679 g/mol. The smallest absolute Gasteiger partial charge is 0.220 e. The summed E-state index contributed by atoms with van der Waals surface area (Å²) < 4.78 is 0. The highest BCUT2D eigenvalue weighted by molar-refractivity contribution is 5.77. The molecule has 2 amide bonds. The van der Waals surface area contributed by atoms with E-state index < -0.39 is 0 Å². The molecule has 6 heteroatoms. The second-order valence-electron chi connectivity index (χ2n) is 15.4. The van der Waals surface area contributed by atoms with Crippen molar-refractivity contribution in [2.45, 2.75) is 256 Å². The van der Waals surface area contributed by atoms with Crippen molar-refractivity contribution >= 4 is 11.8 Å². The molecule has 6 nitrogen and oxygen atoms in total. The number of unbranched alkanes of at least 4 members (excludes halogenated alkanes) is 20. The average Bonchev–Trinajstić information content (AvgIpc) is 3.07. The van der Waals surface area contributed by atoms with Crippen LogP contribution in [0.25, 0.3) is 0 Å². The van der Waals surface area contributed by atoms with E-state index in [1.807, 2.05) is 0 Å². The Kier molecular flexibility index (Phi) is 30.9. The van der Waals surface area contributed by atoms with Crippen molar-refractivity contribution in [1.82, 2.24) is 10.6 Å². The standard InChI is InChI=1S/C42H82N2O4/c1-3-5-7-21-29-37(45)31-23-17-13-9-11-15-19-25-35-41(47)43-39-33-27-28-34-40(39)44-42(48)36-26-20-16-12-10-14-18-24-32-38(46)30-22-8-6-4-2/h37-40,45-46H,3-36H2,1-2H3,(H,43,47)(H,44,48)/t37?,38?,39-,40-/m0/s1. The number of amides is 2. The molecule has 2 unspecified atom stereocenters. The van der Waals surface area contributed by atoms with Crippen LogP contribution in [0.3, 0.4) is 0 Å². The predicted molar refractivity (Wildman–Crippen MR) is 204 cm³/mol. The molecule has 0 aromatic carbocycles. The molecule has 0 aliphatic heterocycles. The van der Waals surface area contributed by atoms with Crippen LogP contribution in [0.1, 0.15) is 232 Å². The van der Waals surface area contributed by atoms with Crippen LogP contribution in [0.5, 0.6) is 0 Å². The third-order valence-electron chi connectivity index (χ3n) is 10.6. The van der Waals surface area contributed by atoms with Crippen LogP contribution in [-0.2, 0) is 9.59 Å². The lowest BCUT2D eigenvalue weighted by atomic mass is 9.90. The zero-order valence-corrected chi connectivity index (χ0v) is 32.1. The number of hydrogen-bond acceptors (Lipinski definition) is 4. The van der Waals surface area contributed by atoms with Gasteiger partial charge >= 0.3 is 0 Å². The van der Waals surface area contributed by atoms with Gasteiger partial charge in [0.2, 0.25) is 11.8 Å². The van der Waals surface area contributed by atoms with Crippen LogP contribution < -0.4 is 10.6 Å². The van der Waals surface area contributed by atoms with Gasteiger partial charge in [0.15, 0.2) is 0 Å². The molecule has 1 saturated carbocycles. The lowest BCUT2D eigenvalue weighted by Crippen LogP contribution is -2.53. The van der Waals surface area contributed by atoms with Crippen molar-refractivity contribution in [2.24, 2.45) is 0 Å². The van der Waals surface area contributed by atoms with Crippen molar-refractivity contribution in [3.8, 4) is 0 Å². The van der Waals surface area contributed by atoms with E-state index in [9.17, 15) is 19.8 Å². The molecular formula is C42H82N2O4. The molecular weight excluding hydrogens is 596 g/mol. The van der Waals surface area contributed by atoms with Gasteiger partial charge in [-0.3, -0.25) is 9.59 Å². The van der Waals surface area contributed by atoms with Gasteiger partial charge < -0.3 is 20.8 Å². The Balaban J connectivity index is 2.00. The quantitative estimate of drug-likeness (QED) is 0.0509. The third kappa shape index (κ3) is 27.7. The number of hydrogen-bond donors (Lipinski definition) is 4. The van der Waals surface area contributed by atoms with E-state index in [0.717, 1.165) is 89.9 Å². The Hall–Kier alpha value is -1.14. The van der Waals surface area contributed by atoms with Gasteiger partial charge in [-0.25, -0.2) is 0 Å². The Bertz CT molecular complexity index is 672. The van der Waals surface area contributed by atoms with E-state index >= 15 is 0 Å². The highest BCUT2D eigenvalue weighted by Gasteiger charge is 2.27. The van der Waals surface area contributed by atoms with Gasteiger partial charge in [-0.2, -0.15) is 0 Å². The second-order valence-corrected chi connectivity index (χ2v) is 15.4. The highest BCUT2D eigenvalue weighted by atomic mass is 16.3. The minimum atomic E-state index is -0.101. The minimum absolute atomic E-state index is 0.0761. The van der Waals surface area contributed by atoms with Gasteiger partial charge in [0.05, 0.1) is 12.2 Å². The fourth-order valence-corrected chi connectivity index (χ4v) is 7.39. The molecule has 0 aromatic rings. The van der Waals surface area contributed by atoms with Crippen LogP contribution in [0.2, 0.25) is 0 Å². The summed E-state index contributed by atoms with van der Waals surface area (Å²) in [6, 6.07) is 0.152. The summed E-state index contributed by atoms with van der Waals surface area (Å²) in [6.45, 7) is 4.45. The van der Waals surface area contributed by atoms with Gasteiger partial charge in [-0.15, -0.1) is 0 Å². The second kappa shape index (κ2) is 33.0. The summed E-state index contributed by atoms with van der Waals surface area (Å²) >= 11 is 0. The van der Waals surface area contributed by atoms with Crippen molar-refractivity contribution in [2.75, 3.05) is 0 Å². The minimum Gasteiger partial charge on any atom is -0.393 e. The number of carbonyl (C=O) groups excluding carboxylic acids is 2. The molecule has 0 spiro atoms. The fourth-order valence-electron chi connectivity index (χ4n) is 7.39. The maximum Gasteiger partial charge on any atom is 0.220 e. The Morgan fingerprint density at radius 3 is 1.04 bits per heavy atom. The first-order valence-electron chi connectivity index (χ1n) is 21.4. The first kappa shape index (κ1) is 44.9. The predicted octanol–water partition coefficient (Wildman–Crippen LogP) is 11.0. The van der Waals surface area contributed by atoms with Crippen LogP contribution in [0.15, 0.2) is 0 Å². The summed E-state index contributed by atoms with van der Waals surface area (Å²) in [5, 5.41) is 26.7. The number of nitrogens with one attached hydrogen (secondary N) is 2. The Morgan fingerprint density at radius 2 is 0.729 bits per heavy atom. The normalized spacial score (nSPS) is 17.7. The summed E-state index contributed by atoms with van der Waals surface area (Å²) in [5.74, 6) is 0.293. The molecule has 4 N–H and O–H groups in total. The summed E-state index contributed by atoms with van der Waals surface area (Å²) in [6.07, 6.45) is 37.7. The summed E-state index contributed by atoms with van der Waals surface area (Å²) in [7, 11) is 0. The SMILES string of the molecule is CCCCCCC(O)CCCCCCCCCCC(=O)N[C@H]1CCCC[C@@H]1NC(=O)CCCCCCCCCCC(O)CCCCCC. The van der Waals surface area contributed by atoms with Crippen molar-refractivity contribution < 1.29 is 19.8 Å². The zero-order chi connectivity index (χ0) is 34.9. The summed E-state index contributed by atoms with van der Waals surface area (Å²) in [4.78, 5) is 25.4. The third-order valence-corrected chi connectivity index (χ3v) is 10.6. The van der Waals surface area contributed by atoms with E-state index in [0.29, 0.717) is 12.8 Å². The van der Waals surface area contributed by atoms with Crippen molar-refractivity contribution in [3.63, 3.8) is 0 Å². The van der Waals surface area contributed by atoms with E-state index in [4.69, 9.17) is 0 Å². The summed E-state index contributed by atoms with van der Waals surface area (Å²) in [5.41, 5.74) is 0. The lowest BCUT2D eigenvalue weighted by Gasteiger charge is -2.33. The van der Waals surface area contributed by atoms with Gasteiger partial charge in [-0.05, 0) is 51.4 Å². The Labute approximate surface area is 298 Å². The lowest BCUT2D eigenvalue weighted by molar-refractivity contribution is -0.125. The fraction of sp³-hybridized carbons (Fsp3) is 0.952. The van der Waals surface area contributed by atoms with Gasteiger partial charge in [0, 0.05) is 24.9 Å². The topological polar surface area (TPSA) is 98.7 Å². The molecule has 1 fully saturated rings. The maximum atomic E-state index is 12.7. The average molecular weight is 679 g/mol. The molecule has 0 radical (unpaired) electrons. The van der Waals surface area contributed by atoms with E-state index in [-0.39, 0.29) is 36.1 Å². The number of carbonyl (C=O) groups is 2. The molecule has 0 bridgehead atoms. The first-order chi connectivity index (χ1) is 23.5. The highest BCUT2D eigenvalue weighted by Crippen LogP contribution is 2.20. The molecule has 1 aliphatic rings. The van der Waals surface area contributed by atoms with E-state index in [1.54, 1.807) is 0 Å². The molecule has 0 heterocycles. The van der Waals surface area contributed by atoms with Crippen LogP contribution in [0.4, 0.5) is 0 Å². The van der Waals surface area contributed by atoms with Gasteiger partial charge in [0.1, 0.15) is 0 Å². The maximum absolute atomic E-state index is 12.7. The number of aliphatic hydroxyl groups excluding tert-OH is 2. The van der Waals surface area contributed by atoms with Crippen molar-refractivity contribution in [3.05, 3.63) is 0 Å². The molecule has 1 aliphatic carbocycles. The Morgan fingerprint density at radius 1 is 0.458 bits per heavy atom. The van der Waals surface area contributed by atoms with E-state index in [2.05, 4.69) is 24.5 Å². The van der Waals surface area contributed by atoms with Crippen molar-refractivity contribution in [1.29, 1.82) is 0 Å².